The summed E-state index contributed by atoms with van der Waals surface area (Å²) < 4.78 is 1.07. The number of rotatable bonds is 4. The van der Waals surface area contributed by atoms with Gasteiger partial charge < -0.3 is 4.79 Å². The molecule has 1 atom stereocenters. The van der Waals surface area contributed by atoms with Gasteiger partial charge in [0, 0.05) is 10.4 Å². The number of hydrogen-bond acceptors (Lipinski definition) is 1. The van der Waals surface area contributed by atoms with Crippen molar-refractivity contribution in [2.24, 2.45) is 11.8 Å². The zero-order valence-corrected chi connectivity index (χ0v) is 10.1. The molecule has 1 aromatic carbocycles. The minimum atomic E-state index is 0.129. The molecule has 0 fully saturated rings. The van der Waals surface area contributed by atoms with Gasteiger partial charge in [-0.25, -0.2) is 0 Å². The summed E-state index contributed by atoms with van der Waals surface area (Å²) in [6.45, 7) is 4.16. The second kappa shape index (κ2) is 5.30. The predicted octanol–water partition coefficient (Wildman–Crippen LogP) is 3.46. The highest BCUT2D eigenvalue weighted by Crippen LogP contribution is 2.18. The third kappa shape index (κ3) is 3.26. The van der Waals surface area contributed by atoms with Crippen molar-refractivity contribution in [2.75, 3.05) is 0 Å². The molecule has 76 valence electrons. The molecule has 1 nitrogen and oxygen atoms in total. The van der Waals surface area contributed by atoms with Crippen LogP contribution in [0.15, 0.2) is 28.7 Å². The Hall–Kier alpha value is -0.630. The van der Waals surface area contributed by atoms with Crippen LogP contribution in [0.4, 0.5) is 0 Å². The van der Waals surface area contributed by atoms with Crippen LogP contribution in [0, 0.1) is 11.8 Å². The van der Waals surface area contributed by atoms with Crippen molar-refractivity contribution in [2.45, 2.75) is 20.3 Å². The summed E-state index contributed by atoms with van der Waals surface area (Å²) in [5, 5.41) is 0. The summed E-state index contributed by atoms with van der Waals surface area (Å²) >= 11 is 3.42. The van der Waals surface area contributed by atoms with Gasteiger partial charge in [0.05, 0.1) is 0 Å². The van der Waals surface area contributed by atoms with Gasteiger partial charge in [0.2, 0.25) is 0 Å². The highest BCUT2D eigenvalue weighted by Gasteiger charge is 2.12. The van der Waals surface area contributed by atoms with Crippen molar-refractivity contribution >= 4 is 22.2 Å². The topological polar surface area (TPSA) is 17.1 Å². The van der Waals surface area contributed by atoms with Crippen LogP contribution < -0.4 is 0 Å². The van der Waals surface area contributed by atoms with E-state index in [0.29, 0.717) is 5.92 Å². The standard InChI is InChI=1S/C12H15BrO/c1-9(2)11(8-14)6-10-4-3-5-12(13)7-10/h3-5,7-9,11H,6H2,1-2H3. The van der Waals surface area contributed by atoms with E-state index < -0.39 is 0 Å². The van der Waals surface area contributed by atoms with Crippen molar-refractivity contribution in [3.05, 3.63) is 34.3 Å². The first-order valence-corrected chi connectivity index (χ1v) is 5.62. The lowest BCUT2D eigenvalue weighted by Crippen LogP contribution is -2.13. The Morgan fingerprint density at radius 1 is 1.43 bits per heavy atom. The Morgan fingerprint density at radius 2 is 2.14 bits per heavy atom. The van der Waals surface area contributed by atoms with E-state index in [-0.39, 0.29) is 5.92 Å². The smallest absolute Gasteiger partial charge is 0.123 e. The fraction of sp³-hybridized carbons (Fsp3) is 0.417. The molecule has 0 aliphatic carbocycles. The molecule has 1 unspecified atom stereocenters. The maximum Gasteiger partial charge on any atom is 0.123 e. The van der Waals surface area contributed by atoms with Crippen LogP contribution in [-0.4, -0.2) is 6.29 Å². The van der Waals surface area contributed by atoms with Crippen LogP contribution in [-0.2, 0) is 11.2 Å². The number of halogens is 1. The fourth-order valence-electron chi connectivity index (χ4n) is 1.38. The van der Waals surface area contributed by atoms with Crippen LogP contribution >= 0.6 is 15.9 Å². The SMILES string of the molecule is CC(C)C(C=O)Cc1cccc(Br)c1. The summed E-state index contributed by atoms with van der Waals surface area (Å²) in [4.78, 5) is 10.8. The summed E-state index contributed by atoms with van der Waals surface area (Å²) in [7, 11) is 0. The van der Waals surface area contributed by atoms with Gasteiger partial charge in [0.25, 0.3) is 0 Å². The molecule has 0 N–H and O–H groups in total. The molecule has 0 aliphatic rings. The maximum absolute atomic E-state index is 10.8. The Kier molecular flexibility index (Phi) is 4.33. The predicted molar refractivity (Wildman–Crippen MR) is 62.2 cm³/mol. The van der Waals surface area contributed by atoms with E-state index in [1.54, 1.807) is 0 Å². The van der Waals surface area contributed by atoms with Gasteiger partial charge in [0.1, 0.15) is 6.29 Å². The monoisotopic (exact) mass is 254 g/mol. The van der Waals surface area contributed by atoms with Crippen molar-refractivity contribution in [3.8, 4) is 0 Å². The number of benzene rings is 1. The molecule has 0 aromatic heterocycles. The van der Waals surface area contributed by atoms with E-state index in [9.17, 15) is 4.79 Å². The quantitative estimate of drug-likeness (QED) is 0.753. The highest BCUT2D eigenvalue weighted by atomic mass is 79.9. The summed E-state index contributed by atoms with van der Waals surface area (Å²) in [5.41, 5.74) is 1.21. The van der Waals surface area contributed by atoms with Gasteiger partial charge >= 0.3 is 0 Å². The van der Waals surface area contributed by atoms with Crippen LogP contribution in [0.3, 0.4) is 0 Å². The molecule has 0 radical (unpaired) electrons. The van der Waals surface area contributed by atoms with Crippen LogP contribution in [0.1, 0.15) is 19.4 Å². The van der Waals surface area contributed by atoms with Crippen molar-refractivity contribution in [1.82, 2.24) is 0 Å². The van der Waals surface area contributed by atoms with E-state index in [1.165, 1.54) is 5.56 Å². The van der Waals surface area contributed by atoms with E-state index >= 15 is 0 Å². The van der Waals surface area contributed by atoms with Gasteiger partial charge in [-0.05, 0) is 30.0 Å². The number of carbonyl (C=O) groups is 1. The molecule has 0 amide bonds. The van der Waals surface area contributed by atoms with Crippen molar-refractivity contribution in [1.29, 1.82) is 0 Å². The average Bonchev–Trinajstić information content (AvgIpc) is 2.14. The third-order valence-corrected chi connectivity index (χ3v) is 2.88. The maximum atomic E-state index is 10.8. The largest absolute Gasteiger partial charge is 0.303 e. The lowest BCUT2D eigenvalue weighted by Gasteiger charge is -2.13. The second-order valence-electron chi connectivity index (χ2n) is 3.88. The fourth-order valence-corrected chi connectivity index (χ4v) is 1.82. The van der Waals surface area contributed by atoms with Crippen molar-refractivity contribution in [3.63, 3.8) is 0 Å². The summed E-state index contributed by atoms with van der Waals surface area (Å²) in [6, 6.07) is 8.12. The van der Waals surface area contributed by atoms with Gasteiger partial charge in [0.15, 0.2) is 0 Å². The third-order valence-electron chi connectivity index (χ3n) is 2.39. The lowest BCUT2D eigenvalue weighted by atomic mass is 9.91. The molecule has 14 heavy (non-hydrogen) atoms. The van der Waals surface area contributed by atoms with Crippen LogP contribution in [0.25, 0.3) is 0 Å². The highest BCUT2D eigenvalue weighted by molar-refractivity contribution is 9.10. The molecule has 0 bridgehead atoms. The lowest BCUT2D eigenvalue weighted by molar-refractivity contribution is -0.112. The van der Waals surface area contributed by atoms with Crippen molar-refractivity contribution < 1.29 is 4.79 Å². The normalized spacial score (nSPS) is 12.9. The molecule has 0 saturated carbocycles. The number of hydrogen-bond donors (Lipinski definition) is 0. The van der Waals surface area contributed by atoms with Gasteiger partial charge in [-0.3, -0.25) is 0 Å². The number of aldehydes is 1. The Bertz CT molecular complexity index is 307. The Labute approximate surface area is 93.7 Å². The molecule has 0 heterocycles. The van der Waals surface area contributed by atoms with Gasteiger partial charge in [-0.2, -0.15) is 0 Å². The average molecular weight is 255 g/mol. The zero-order valence-electron chi connectivity index (χ0n) is 8.53. The minimum absolute atomic E-state index is 0.129. The Balaban J connectivity index is 2.72. The van der Waals surface area contributed by atoms with E-state index in [4.69, 9.17) is 0 Å². The minimum Gasteiger partial charge on any atom is -0.303 e. The molecule has 1 rings (SSSR count). The van der Waals surface area contributed by atoms with E-state index in [1.807, 2.05) is 12.1 Å². The molecule has 0 saturated heterocycles. The van der Waals surface area contributed by atoms with Crippen LogP contribution in [0.2, 0.25) is 0 Å². The summed E-state index contributed by atoms with van der Waals surface area (Å²) in [6.07, 6.45) is 1.90. The van der Waals surface area contributed by atoms with Gasteiger partial charge in [-0.15, -0.1) is 0 Å². The molecular weight excluding hydrogens is 240 g/mol. The molecule has 0 spiro atoms. The zero-order chi connectivity index (χ0) is 10.6. The molecular formula is C12H15BrO. The van der Waals surface area contributed by atoms with E-state index in [2.05, 4.69) is 41.9 Å². The second-order valence-corrected chi connectivity index (χ2v) is 4.79. The van der Waals surface area contributed by atoms with E-state index in [0.717, 1.165) is 17.2 Å². The molecule has 0 aliphatic heterocycles. The summed E-state index contributed by atoms with van der Waals surface area (Å²) in [5.74, 6) is 0.538. The Morgan fingerprint density at radius 3 is 2.64 bits per heavy atom. The van der Waals surface area contributed by atoms with Crippen LogP contribution in [0.5, 0.6) is 0 Å². The first kappa shape index (κ1) is 11.4. The molecule has 1 aromatic rings. The van der Waals surface area contributed by atoms with Gasteiger partial charge in [-0.1, -0.05) is 41.9 Å². The first-order valence-electron chi connectivity index (χ1n) is 4.83. The number of carbonyl (C=O) groups excluding carboxylic acids is 1. The first-order chi connectivity index (χ1) is 6.63. The molecule has 2 heteroatoms.